The molecule has 1 unspecified atom stereocenters. The largest absolute Gasteiger partial charge is 0.350 e. The monoisotopic (exact) mass is 416 g/mol. The van der Waals surface area contributed by atoms with Gasteiger partial charge in [-0.05, 0) is 48.2 Å². The number of carbonyl (C=O) groups is 1. The zero-order valence-electron chi connectivity index (χ0n) is 17.1. The number of aromatic nitrogens is 7. The average molecular weight is 416 g/mol. The lowest BCUT2D eigenvalue weighted by molar-refractivity contribution is -0.120. The second-order valence-electron chi connectivity index (χ2n) is 7.44. The average Bonchev–Trinajstić information content (AvgIpc) is 3.51. The van der Waals surface area contributed by atoms with E-state index in [4.69, 9.17) is 0 Å². The highest BCUT2D eigenvalue weighted by atomic mass is 16.2. The number of amides is 1. The number of rotatable bonds is 4. The van der Waals surface area contributed by atoms with Gasteiger partial charge in [0, 0.05) is 26.0 Å². The van der Waals surface area contributed by atoms with Crippen LogP contribution in [0.3, 0.4) is 0 Å². The highest BCUT2D eigenvalue weighted by Gasteiger charge is 2.36. The molecule has 4 aromatic rings. The van der Waals surface area contributed by atoms with Crippen LogP contribution in [0.1, 0.15) is 18.0 Å². The van der Waals surface area contributed by atoms with Crippen LogP contribution in [0.2, 0.25) is 0 Å². The molecule has 156 valence electrons. The Morgan fingerprint density at radius 3 is 2.55 bits per heavy atom. The fraction of sp³-hybridized carbons (Fsp3) is 0.238. The van der Waals surface area contributed by atoms with Crippen LogP contribution in [0.5, 0.6) is 0 Å². The molecule has 1 aromatic carbocycles. The second kappa shape index (κ2) is 7.31. The van der Waals surface area contributed by atoms with Gasteiger partial charge in [0.25, 0.3) is 5.91 Å². The van der Waals surface area contributed by atoms with Crippen molar-refractivity contribution < 1.29 is 4.79 Å². The quantitative estimate of drug-likeness (QED) is 0.500. The summed E-state index contributed by atoms with van der Waals surface area (Å²) in [5.74, 6) is 0.613. The van der Waals surface area contributed by atoms with Crippen molar-refractivity contribution >= 4 is 11.7 Å². The maximum absolute atomic E-state index is 13.0. The standard InChI is InChI=1S/C21H20N8O2/c1-14-17(15-3-5-16(6-4-15)28-13-24-26(2)21(28)31)7-9-22-19(14)27-11-8-18(20(27)30)29-12-10-23-25-29/h3-7,9-10,12-13,18H,8,11H2,1-2H3. The lowest BCUT2D eigenvalue weighted by Gasteiger charge is -2.20. The zero-order valence-corrected chi connectivity index (χ0v) is 17.1. The fourth-order valence-electron chi connectivity index (χ4n) is 3.98. The Hall–Kier alpha value is -4.08. The molecule has 4 heterocycles. The van der Waals surface area contributed by atoms with Crippen molar-refractivity contribution in [2.45, 2.75) is 19.4 Å². The van der Waals surface area contributed by atoms with Crippen molar-refractivity contribution in [2.24, 2.45) is 7.05 Å². The first-order valence-electron chi connectivity index (χ1n) is 9.89. The number of aryl methyl sites for hydroxylation is 1. The van der Waals surface area contributed by atoms with Crippen LogP contribution in [0, 0.1) is 6.92 Å². The zero-order chi connectivity index (χ0) is 21.5. The van der Waals surface area contributed by atoms with Crippen molar-refractivity contribution in [3.05, 3.63) is 71.3 Å². The topological polar surface area (TPSA) is 104 Å². The van der Waals surface area contributed by atoms with Crippen molar-refractivity contribution in [3.63, 3.8) is 0 Å². The molecule has 0 N–H and O–H groups in total. The molecule has 10 nitrogen and oxygen atoms in total. The molecule has 1 fully saturated rings. The summed E-state index contributed by atoms with van der Waals surface area (Å²) in [5.41, 5.74) is 3.40. The number of hydrogen-bond acceptors (Lipinski definition) is 6. The Balaban J connectivity index is 1.46. The molecular formula is C21H20N8O2. The predicted octanol–water partition coefficient (Wildman–Crippen LogP) is 1.51. The SMILES string of the molecule is Cc1c(-c2ccc(-n3cnn(C)c3=O)cc2)ccnc1N1CCC(n2ccnn2)C1=O. The number of nitrogens with zero attached hydrogens (tertiary/aromatic N) is 8. The molecule has 1 atom stereocenters. The molecule has 0 spiro atoms. The third kappa shape index (κ3) is 3.12. The van der Waals surface area contributed by atoms with E-state index in [2.05, 4.69) is 20.4 Å². The lowest BCUT2D eigenvalue weighted by atomic mass is 10.0. The third-order valence-electron chi connectivity index (χ3n) is 5.65. The van der Waals surface area contributed by atoms with Crippen molar-refractivity contribution in [3.8, 4) is 16.8 Å². The Kier molecular flexibility index (Phi) is 4.46. The molecule has 5 rings (SSSR count). The number of carbonyl (C=O) groups excluding carboxylic acids is 1. The van der Waals surface area contributed by atoms with Gasteiger partial charge in [-0.15, -0.1) is 5.10 Å². The molecule has 31 heavy (non-hydrogen) atoms. The Labute approximate surface area is 177 Å². The maximum atomic E-state index is 13.0. The molecule has 0 bridgehead atoms. The summed E-state index contributed by atoms with van der Waals surface area (Å²) in [6.45, 7) is 2.54. The van der Waals surface area contributed by atoms with E-state index in [-0.39, 0.29) is 17.6 Å². The Bertz CT molecular complexity index is 1300. The van der Waals surface area contributed by atoms with Gasteiger partial charge in [0.05, 0.1) is 11.9 Å². The molecule has 3 aromatic heterocycles. The van der Waals surface area contributed by atoms with Crippen LogP contribution in [-0.2, 0) is 11.8 Å². The first-order valence-corrected chi connectivity index (χ1v) is 9.89. The van der Waals surface area contributed by atoms with Crippen LogP contribution in [-0.4, -0.2) is 46.8 Å². The summed E-state index contributed by atoms with van der Waals surface area (Å²) in [5, 5.41) is 11.8. The van der Waals surface area contributed by atoms with E-state index in [1.807, 2.05) is 37.3 Å². The van der Waals surface area contributed by atoms with E-state index in [1.54, 1.807) is 35.2 Å². The Morgan fingerprint density at radius 2 is 1.87 bits per heavy atom. The molecule has 1 saturated heterocycles. The van der Waals surface area contributed by atoms with Crippen molar-refractivity contribution in [2.75, 3.05) is 11.4 Å². The number of benzene rings is 1. The van der Waals surface area contributed by atoms with Crippen LogP contribution < -0.4 is 10.6 Å². The lowest BCUT2D eigenvalue weighted by Crippen LogP contribution is -2.30. The molecule has 0 saturated carbocycles. The fourth-order valence-corrected chi connectivity index (χ4v) is 3.98. The van der Waals surface area contributed by atoms with Gasteiger partial charge in [0.1, 0.15) is 18.2 Å². The summed E-state index contributed by atoms with van der Waals surface area (Å²) < 4.78 is 4.37. The minimum absolute atomic E-state index is 0.0375. The van der Waals surface area contributed by atoms with Gasteiger partial charge in [-0.1, -0.05) is 17.3 Å². The van der Waals surface area contributed by atoms with E-state index in [1.165, 1.54) is 15.6 Å². The van der Waals surface area contributed by atoms with E-state index in [0.717, 1.165) is 22.4 Å². The van der Waals surface area contributed by atoms with Crippen LogP contribution in [0.15, 0.2) is 60.0 Å². The van der Waals surface area contributed by atoms with Crippen molar-refractivity contribution in [1.82, 2.24) is 34.3 Å². The van der Waals surface area contributed by atoms with Gasteiger partial charge in [-0.2, -0.15) is 5.10 Å². The summed E-state index contributed by atoms with van der Waals surface area (Å²) in [6.07, 6.45) is 7.15. The molecule has 1 aliphatic heterocycles. The van der Waals surface area contributed by atoms with E-state index >= 15 is 0 Å². The minimum Gasteiger partial charge on any atom is -0.295 e. The second-order valence-corrected chi connectivity index (χ2v) is 7.44. The van der Waals surface area contributed by atoms with E-state index in [9.17, 15) is 9.59 Å². The minimum atomic E-state index is -0.357. The summed E-state index contributed by atoms with van der Waals surface area (Å²) in [7, 11) is 1.61. The van der Waals surface area contributed by atoms with Crippen molar-refractivity contribution in [1.29, 1.82) is 0 Å². The van der Waals surface area contributed by atoms with Gasteiger partial charge >= 0.3 is 5.69 Å². The number of hydrogen-bond donors (Lipinski definition) is 0. The van der Waals surface area contributed by atoms with Crippen LogP contribution in [0.25, 0.3) is 16.8 Å². The summed E-state index contributed by atoms with van der Waals surface area (Å²) in [6, 6.07) is 9.22. The Morgan fingerprint density at radius 1 is 1.06 bits per heavy atom. The molecular weight excluding hydrogens is 396 g/mol. The molecule has 1 amide bonds. The molecule has 10 heteroatoms. The first-order chi connectivity index (χ1) is 15.0. The third-order valence-corrected chi connectivity index (χ3v) is 5.65. The van der Waals surface area contributed by atoms with Gasteiger partial charge in [-0.25, -0.2) is 23.7 Å². The molecule has 1 aliphatic rings. The smallest absolute Gasteiger partial charge is 0.295 e. The van der Waals surface area contributed by atoms with E-state index < -0.39 is 0 Å². The number of pyridine rings is 1. The van der Waals surface area contributed by atoms with Gasteiger partial charge in [0.15, 0.2) is 0 Å². The van der Waals surface area contributed by atoms with Gasteiger partial charge in [-0.3, -0.25) is 9.69 Å². The van der Waals surface area contributed by atoms with Crippen LogP contribution in [0.4, 0.5) is 5.82 Å². The predicted molar refractivity (Wildman–Crippen MR) is 113 cm³/mol. The molecule has 0 aliphatic carbocycles. The van der Waals surface area contributed by atoms with Gasteiger partial charge in [0.2, 0.25) is 0 Å². The summed E-state index contributed by atoms with van der Waals surface area (Å²) in [4.78, 5) is 31.3. The summed E-state index contributed by atoms with van der Waals surface area (Å²) >= 11 is 0. The highest BCUT2D eigenvalue weighted by molar-refractivity contribution is 5.98. The van der Waals surface area contributed by atoms with Crippen LogP contribution >= 0.6 is 0 Å². The highest BCUT2D eigenvalue weighted by Crippen LogP contribution is 2.33. The molecule has 0 radical (unpaired) electrons. The van der Waals surface area contributed by atoms with Gasteiger partial charge < -0.3 is 0 Å². The van der Waals surface area contributed by atoms with E-state index in [0.29, 0.717) is 18.8 Å². The number of anilines is 1. The normalized spacial score (nSPS) is 16.3. The first kappa shape index (κ1) is 18.9. The maximum Gasteiger partial charge on any atom is 0.350 e.